The lowest BCUT2D eigenvalue weighted by atomic mass is 9.74. The summed E-state index contributed by atoms with van der Waals surface area (Å²) in [7, 11) is 0. The molecule has 0 spiro atoms. The van der Waals surface area contributed by atoms with Crippen molar-refractivity contribution in [1.82, 2.24) is 0 Å². The highest BCUT2D eigenvalue weighted by Crippen LogP contribution is 2.31. The molecular weight excluding hydrogens is 198 g/mol. The second kappa shape index (κ2) is 8.08. The van der Waals surface area contributed by atoms with Crippen LogP contribution in [0.2, 0.25) is 0 Å². The average molecular weight is 229 g/mol. The van der Waals surface area contributed by atoms with Crippen LogP contribution in [0, 0.1) is 11.3 Å². The minimum Gasteiger partial charge on any atom is -0.396 e. The van der Waals surface area contributed by atoms with Crippen molar-refractivity contribution in [3.63, 3.8) is 0 Å². The van der Waals surface area contributed by atoms with Crippen molar-refractivity contribution in [2.45, 2.75) is 72.3 Å². The molecule has 3 N–H and O–H groups in total. The van der Waals surface area contributed by atoms with E-state index in [-0.39, 0.29) is 18.1 Å². The molecule has 0 aromatic rings. The first-order chi connectivity index (χ1) is 7.45. The van der Waals surface area contributed by atoms with Crippen LogP contribution in [0.15, 0.2) is 0 Å². The van der Waals surface area contributed by atoms with Gasteiger partial charge in [-0.15, -0.1) is 0 Å². The predicted molar refractivity (Wildman–Crippen MR) is 71.4 cm³/mol. The number of aliphatic hydroxyl groups excluding tert-OH is 1. The zero-order chi connectivity index (χ0) is 12.6. The van der Waals surface area contributed by atoms with Crippen molar-refractivity contribution < 1.29 is 5.11 Å². The molecule has 2 atom stereocenters. The highest BCUT2D eigenvalue weighted by atomic mass is 16.2. The zero-order valence-electron chi connectivity index (χ0n) is 11.6. The van der Waals surface area contributed by atoms with Crippen molar-refractivity contribution in [3.05, 3.63) is 0 Å². The molecule has 2 heteroatoms. The van der Waals surface area contributed by atoms with E-state index in [4.69, 9.17) is 10.8 Å². The number of hydrogen-bond donors (Lipinski definition) is 2. The van der Waals surface area contributed by atoms with Crippen LogP contribution in [0.25, 0.3) is 0 Å². The molecule has 2 unspecified atom stereocenters. The largest absolute Gasteiger partial charge is 0.396 e. The van der Waals surface area contributed by atoms with E-state index in [0.717, 1.165) is 12.8 Å². The first-order valence-corrected chi connectivity index (χ1v) is 6.82. The molecule has 0 aromatic carbocycles. The monoisotopic (exact) mass is 229 g/mol. The summed E-state index contributed by atoms with van der Waals surface area (Å²) in [5.41, 5.74) is 6.48. The Morgan fingerprint density at radius 2 is 1.81 bits per heavy atom. The minimum atomic E-state index is 0.147. The van der Waals surface area contributed by atoms with Crippen LogP contribution in [-0.4, -0.2) is 17.8 Å². The van der Waals surface area contributed by atoms with Crippen LogP contribution in [0.1, 0.15) is 66.2 Å². The molecule has 2 nitrogen and oxygen atoms in total. The second-order valence-corrected chi connectivity index (χ2v) is 5.81. The van der Waals surface area contributed by atoms with E-state index in [9.17, 15) is 0 Å². The average Bonchev–Trinajstić information content (AvgIpc) is 2.25. The van der Waals surface area contributed by atoms with Crippen LogP contribution in [0.3, 0.4) is 0 Å². The topological polar surface area (TPSA) is 46.2 Å². The Labute approximate surface area is 102 Å². The van der Waals surface area contributed by atoms with Gasteiger partial charge in [0.1, 0.15) is 0 Å². The first-order valence-electron chi connectivity index (χ1n) is 6.82. The second-order valence-electron chi connectivity index (χ2n) is 5.81. The van der Waals surface area contributed by atoms with Crippen molar-refractivity contribution >= 4 is 0 Å². The van der Waals surface area contributed by atoms with Crippen LogP contribution in [0.5, 0.6) is 0 Å². The molecule has 98 valence electrons. The van der Waals surface area contributed by atoms with Crippen molar-refractivity contribution in [2.75, 3.05) is 6.61 Å². The zero-order valence-corrected chi connectivity index (χ0v) is 11.6. The van der Waals surface area contributed by atoms with Crippen molar-refractivity contribution in [3.8, 4) is 0 Å². The standard InChI is InChI=1S/C14H31NO/c1-5-6-7-9-12(2)13(15)14(3,4)10-8-11-16/h12-13,16H,5-11,15H2,1-4H3. The lowest BCUT2D eigenvalue weighted by Gasteiger charge is -2.36. The smallest absolute Gasteiger partial charge is 0.0431 e. The number of aliphatic hydroxyl groups is 1. The maximum Gasteiger partial charge on any atom is 0.0431 e. The normalized spacial score (nSPS) is 16.1. The maximum atomic E-state index is 8.88. The van der Waals surface area contributed by atoms with Gasteiger partial charge in [0.2, 0.25) is 0 Å². The van der Waals surface area contributed by atoms with E-state index in [0.29, 0.717) is 5.92 Å². The number of rotatable bonds is 9. The third-order valence-corrected chi connectivity index (χ3v) is 3.76. The van der Waals surface area contributed by atoms with Gasteiger partial charge in [0.25, 0.3) is 0 Å². The molecule has 0 aliphatic heterocycles. The van der Waals surface area contributed by atoms with Gasteiger partial charge in [-0.3, -0.25) is 0 Å². The van der Waals surface area contributed by atoms with Gasteiger partial charge >= 0.3 is 0 Å². The molecule has 0 rings (SSSR count). The van der Waals surface area contributed by atoms with Gasteiger partial charge in [-0.2, -0.15) is 0 Å². The lowest BCUT2D eigenvalue weighted by Crippen LogP contribution is -2.42. The summed E-state index contributed by atoms with van der Waals surface area (Å²) in [6, 6.07) is 0.246. The van der Waals surface area contributed by atoms with Gasteiger partial charge in [-0.1, -0.05) is 47.0 Å². The summed E-state index contributed by atoms with van der Waals surface area (Å²) in [5.74, 6) is 0.584. The Balaban J connectivity index is 4.02. The van der Waals surface area contributed by atoms with Crippen LogP contribution < -0.4 is 5.73 Å². The highest BCUT2D eigenvalue weighted by Gasteiger charge is 2.29. The first kappa shape index (κ1) is 15.9. The molecule has 0 aromatic heterocycles. The molecule has 0 heterocycles. The van der Waals surface area contributed by atoms with Gasteiger partial charge in [0.05, 0.1) is 0 Å². The molecule has 0 saturated heterocycles. The van der Waals surface area contributed by atoms with E-state index in [2.05, 4.69) is 27.7 Å². The number of unbranched alkanes of at least 4 members (excludes halogenated alkanes) is 2. The fraction of sp³-hybridized carbons (Fsp3) is 1.00. The Morgan fingerprint density at radius 3 is 2.31 bits per heavy atom. The molecule has 0 bridgehead atoms. The highest BCUT2D eigenvalue weighted by molar-refractivity contribution is 4.85. The van der Waals surface area contributed by atoms with Crippen molar-refractivity contribution in [1.29, 1.82) is 0 Å². The summed E-state index contributed by atoms with van der Waals surface area (Å²) in [6.07, 6.45) is 6.99. The number of nitrogens with two attached hydrogens (primary N) is 1. The SMILES string of the molecule is CCCCCC(C)C(N)C(C)(C)CCCO. The Hall–Kier alpha value is -0.0800. The molecule has 0 saturated carbocycles. The molecular formula is C14H31NO. The fourth-order valence-electron chi connectivity index (χ4n) is 2.37. The van der Waals surface area contributed by atoms with E-state index >= 15 is 0 Å². The van der Waals surface area contributed by atoms with E-state index in [1.54, 1.807) is 0 Å². The summed E-state index contributed by atoms with van der Waals surface area (Å²) >= 11 is 0. The van der Waals surface area contributed by atoms with E-state index < -0.39 is 0 Å². The van der Waals surface area contributed by atoms with Crippen LogP contribution >= 0.6 is 0 Å². The molecule has 16 heavy (non-hydrogen) atoms. The summed E-state index contributed by atoms with van der Waals surface area (Å²) in [6.45, 7) is 9.23. The van der Waals surface area contributed by atoms with Crippen LogP contribution in [0.4, 0.5) is 0 Å². The summed E-state index contributed by atoms with van der Waals surface area (Å²) < 4.78 is 0. The molecule has 0 aliphatic rings. The maximum absolute atomic E-state index is 8.88. The van der Waals surface area contributed by atoms with Gasteiger partial charge in [-0.05, 0) is 30.6 Å². The lowest BCUT2D eigenvalue weighted by molar-refractivity contribution is 0.174. The van der Waals surface area contributed by atoms with Gasteiger partial charge < -0.3 is 10.8 Å². The van der Waals surface area contributed by atoms with E-state index in [1.165, 1.54) is 25.7 Å². The van der Waals surface area contributed by atoms with Crippen molar-refractivity contribution in [2.24, 2.45) is 17.1 Å². The Bertz CT molecular complexity index is 168. The quantitative estimate of drug-likeness (QED) is 0.596. The molecule has 0 aliphatic carbocycles. The number of hydrogen-bond acceptors (Lipinski definition) is 2. The van der Waals surface area contributed by atoms with Crippen LogP contribution in [-0.2, 0) is 0 Å². The molecule has 0 amide bonds. The van der Waals surface area contributed by atoms with Gasteiger partial charge in [-0.25, -0.2) is 0 Å². The molecule has 0 fully saturated rings. The van der Waals surface area contributed by atoms with Gasteiger partial charge in [0.15, 0.2) is 0 Å². The third-order valence-electron chi connectivity index (χ3n) is 3.76. The third kappa shape index (κ3) is 5.86. The molecule has 0 radical (unpaired) electrons. The fourth-order valence-corrected chi connectivity index (χ4v) is 2.37. The van der Waals surface area contributed by atoms with Gasteiger partial charge in [0, 0.05) is 12.6 Å². The minimum absolute atomic E-state index is 0.147. The predicted octanol–water partition coefficient (Wildman–Crippen LogP) is 3.33. The van der Waals surface area contributed by atoms with E-state index in [1.807, 2.05) is 0 Å². The summed E-state index contributed by atoms with van der Waals surface area (Å²) in [4.78, 5) is 0. The Morgan fingerprint density at radius 1 is 1.19 bits per heavy atom. The summed E-state index contributed by atoms with van der Waals surface area (Å²) in [5, 5.41) is 8.88. The Kier molecular flexibility index (Phi) is 8.04.